The number of halogens is 1. The first-order valence-electron chi connectivity index (χ1n) is 3.72. The third-order valence-electron chi connectivity index (χ3n) is 1.78. The SMILES string of the molecule is NCc1cc(Cl)cc2[nH]c(=O)oc12. The highest BCUT2D eigenvalue weighted by molar-refractivity contribution is 6.31. The molecule has 5 heteroatoms. The van der Waals surface area contributed by atoms with E-state index in [0.717, 1.165) is 5.56 Å². The van der Waals surface area contributed by atoms with Crippen LogP contribution < -0.4 is 11.5 Å². The summed E-state index contributed by atoms with van der Waals surface area (Å²) in [5.74, 6) is -0.494. The van der Waals surface area contributed by atoms with Gasteiger partial charge in [-0.1, -0.05) is 11.6 Å². The highest BCUT2D eigenvalue weighted by atomic mass is 35.5. The molecule has 3 N–H and O–H groups in total. The maximum absolute atomic E-state index is 10.9. The molecular formula is C8H7ClN2O2. The Morgan fingerprint density at radius 3 is 3.00 bits per heavy atom. The molecule has 2 aromatic rings. The Kier molecular flexibility index (Phi) is 1.86. The fraction of sp³-hybridized carbons (Fsp3) is 0.125. The van der Waals surface area contributed by atoms with Gasteiger partial charge in [-0.05, 0) is 12.1 Å². The molecule has 0 aliphatic rings. The Morgan fingerprint density at radius 2 is 2.31 bits per heavy atom. The van der Waals surface area contributed by atoms with E-state index < -0.39 is 5.76 Å². The second kappa shape index (κ2) is 2.90. The van der Waals surface area contributed by atoms with Gasteiger partial charge in [-0.15, -0.1) is 0 Å². The van der Waals surface area contributed by atoms with Crippen LogP contribution in [0.5, 0.6) is 0 Å². The molecule has 0 aliphatic carbocycles. The molecule has 13 heavy (non-hydrogen) atoms. The minimum atomic E-state index is -0.494. The van der Waals surface area contributed by atoms with Crippen LogP contribution in [0.4, 0.5) is 0 Å². The van der Waals surface area contributed by atoms with E-state index in [4.69, 9.17) is 21.8 Å². The summed E-state index contributed by atoms with van der Waals surface area (Å²) < 4.78 is 4.90. The van der Waals surface area contributed by atoms with Crippen molar-refractivity contribution in [2.24, 2.45) is 5.73 Å². The van der Waals surface area contributed by atoms with Crippen LogP contribution in [-0.2, 0) is 6.54 Å². The Hall–Kier alpha value is -1.26. The first-order chi connectivity index (χ1) is 6.20. The van der Waals surface area contributed by atoms with E-state index in [1.165, 1.54) is 0 Å². The summed E-state index contributed by atoms with van der Waals surface area (Å²) in [6.07, 6.45) is 0. The van der Waals surface area contributed by atoms with E-state index in [2.05, 4.69) is 4.98 Å². The summed E-state index contributed by atoms with van der Waals surface area (Å²) in [6.45, 7) is 0.290. The minimum Gasteiger partial charge on any atom is -0.408 e. The predicted molar refractivity (Wildman–Crippen MR) is 49.7 cm³/mol. The number of H-pyrrole nitrogens is 1. The fourth-order valence-electron chi connectivity index (χ4n) is 1.24. The number of fused-ring (bicyclic) bond motifs is 1. The smallest absolute Gasteiger partial charge is 0.408 e. The third-order valence-corrected chi connectivity index (χ3v) is 2.00. The third kappa shape index (κ3) is 1.34. The summed E-state index contributed by atoms with van der Waals surface area (Å²) >= 11 is 5.79. The number of aromatic nitrogens is 1. The molecule has 0 aliphatic heterocycles. The van der Waals surface area contributed by atoms with Gasteiger partial charge in [0.2, 0.25) is 0 Å². The van der Waals surface area contributed by atoms with Gasteiger partial charge in [0.25, 0.3) is 0 Å². The predicted octanol–water partition coefficient (Wildman–Crippen LogP) is 1.23. The maximum Gasteiger partial charge on any atom is 0.417 e. The monoisotopic (exact) mass is 198 g/mol. The second-order valence-corrected chi connectivity index (χ2v) is 3.10. The van der Waals surface area contributed by atoms with Crippen molar-refractivity contribution >= 4 is 22.7 Å². The van der Waals surface area contributed by atoms with Gasteiger partial charge in [-0.3, -0.25) is 4.98 Å². The van der Waals surface area contributed by atoms with Crippen molar-refractivity contribution in [1.82, 2.24) is 4.98 Å². The van der Waals surface area contributed by atoms with Crippen molar-refractivity contribution < 1.29 is 4.42 Å². The number of rotatable bonds is 1. The quantitative estimate of drug-likeness (QED) is 0.724. The molecule has 68 valence electrons. The average molecular weight is 199 g/mol. The van der Waals surface area contributed by atoms with Crippen molar-refractivity contribution in [1.29, 1.82) is 0 Å². The molecular weight excluding hydrogens is 192 g/mol. The number of hydrogen-bond acceptors (Lipinski definition) is 3. The zero-order chi connectivity index (χ0) is 9.42. The molecule has 0 spiro atoms. The van der Waals surface area contributed by atoms with Gasteiger partial charge in [0.15, 0.2) is 5.58 Å². The Bertz CT molecular complexity index is 500. The highest BCUT2D eigenvalue weighted by Gasteiger charge is 2.06. The van der Waals surface area contributed by atoms with Crippen LogP contribution in [0.15, 0.2) is 21.3 Å². The second-order valence-electron chi connectivity index (χ2n) is 2.66. The number of nitrogens with one attached hydrogen (secondary N) is 1. The molecule has 0 atom stereocenters. The topological polar surface area (TPSA) is 72.0 Å². The zero-order valence-electron chi connectivity index (χ0n) is 6.63. The van der Waals surface area contributed by atoms with Gasteiger partial charge in [-0.25, -0.2) is 4.79 Å². The van der Waals surface area contributed by atoms with Crippen LogP contribution in [0.2, 0.25) is 5.02 Å². The standard InChI is InChI=1S/C8H7ClN2O2/c9-5-1-4(3-10)7-6(2-5)11-8(12)13-7/h1-2H,3,10H2,(H,11,12). The zero-order valence-corrected chi connectivity index (χ0v) is 7.39. The lowest BCUT2D eigenvalue weighted by molar-refractivity contribution is 0.552. The van der Waals surface area contributed by atoms with Crippen molar-refractivity contribution in [3.05, 3.63) is 33.3 Å². The molecule has 0 saturated heterocycles. The molecule has 2 rings (SSSR count). The van der Waals surface area contributed by atoms with Crippen LogP contribution in [-0.4, -0.2) is 4.98 Å². The number of oxazole rings is 1. The highest BCUT2D eigenvalue weighted by Crippen LogP contribution is 2.21. The molecule has 0 unspecified atom stereocenters. The van der Waals surface area contributed by atoms with Crippen LogP contribution in [0, 0.1) is 0 Å². The van der Waals surface area contributed by atoms with Gasteiger partial charge in [0.1, 0.15) is 0 Å². The summed E-state index contributed by atoms with van der Waals surface area (Å²) in [5.41, 5.74) is 7.25. The van der Waals surface area contributed by atoms with E-state index in [9.17, 15) is 4.79 Å². The van der Waals surface area contributed by atoms with Crippen LogP contribution in [0.3, 0.4) is 0 Å². The normalized spacial score (nSPS) is 10.9. The molecule has 1 heterocycles. The average Bonchev–Trinajstić information content (AvgIpc) is 2.43. The van der Waals surface area contributed by atoms with E-state index in [-0.39, 0.29) is 6.54 Å². The lowest BCUT2D eigenvalue weighted by Gasteiger charge is -1.97. The summed E-state index contributed by atoms with van der Waals surface area (Å²) in [4.78, 5) is 13.4. The Morgan fingerprint density at radius 1 is 1.54 bits per heavy atom. The molecule has 1 aromatic heterocycles. The molecule has 0 radical (unpaired) electrons. The van der Waals surface area contributed by atoms with Crippen molar-refractivity contribution in [3.8, 4) is 0 Å². The first kappa shape index (κ1) is 8.34. The van der Waals surface area contributed by atoms with E-state index in [1.54, 1.807) is 12.1 Å². The lowest BCUT2D eigenvalue weighted by atomic mass is 10.2. The largest absolute Gasteiger partial charge is 0.417 e. The Labute approximate surface area is 78.3 Å². The lowest BCUT2D eigenvalue weighted by Crippen LogP contribution is -1.96. The maximum atomic E-state index is 10.9. The molecule has 0 saturated carbocycles. The van der Waals surface area contributed by atoms with Crippen LogP contribution in [0.25, 0.3) is 11.1 Å². The van der Waals surface area contributed by atoms with E-state index >= 15 is 0 Å². The molecule has 0 fully saturated rings. The van der Waals surface area contributed by atoms with Gasteiger partial charge in [0, 0.05) is 17.1 Å². The van der Waals surface area contributed by atoms with Crippen LogP contribution >= 0.6 is 11.6 Å². The van der Waals surface area contributed by atoms with Gasteiger partial charge in [-0.2, -0.15) is 0 Å². The molecule has 0 bridgehead atoms. The number of hydrogen-bond donors (Lipinski definition) is 2. The number of aromatic amines is 1. The minimum absolute atomic E-state index is 0.290. The van der Waals surface area contributed by atoms with E-state index in [1.807, 2.05) is 0 Å². The molecule has 0 amide bonds. The molecule has 4 nitrogen and oxygen atoms in total. The first-order valence-corrected chi connectivity index (χ1v) is 4.10. The van der Waals surface area contributed by atoms with Crippen molar-refractivity contribution in [2.75, 3.05) is 0 Å². The van der Waals surface area contributed by atoms with Gasteiger partial charge < -0.3 is 10.2 Å². The summed E-state index contributed by atoms with van der Waals surface area (Å²) in [7, 11) is 0. The van der Waals surface area contributed by atoms with Gasteiger partial charge in [0.05, 0.1) is 5.52 Å². The van der Waals surface area contributed by atoms with Gasteiger partial charge >= 0.3 is 5.76 Å². The fourth-order valence-corrected chi connectivity index (χ4v) is 1.48. The Balaban J connectivity index is 2.88. The molecule has 1 aromatic carbocycles. The van der Waals surface area contributed by atoms with Crippen molar-refractivity contribution in [2.45, 2.75) is 6.54 Å². The summed E-state index contributed by atoms with van der Waals surface area (Å²) in [5, 5.41) is 0.532. The van der Waals surface area contributed by atoms with Crippen LogP contribution in [0.1, 0.15) is 5.56 Å². The number of benzene rings is 1. The summed E-state index contributed by atoms with van der Waals surface area (Å²) in [6, 6.07) is 3.31. The number of nitrogens with two attached hydrogens (primary N) is 1. The van der Waals surface area contributed by atoms with E-state index in [0.29, 0.717) is 16.1 Å². The van der Waals surface area contributed by atoms with Crippen molar-refractivity contribution in [3.63, 3.8) is 0 Å².